The van der Waals surface area contributed by atoms with Crippen LogP contribution in [-0.4, -0.2) is 18.2 Å². The molecular formula is C19H22N2O2S2. The number of nitrogens with one attached hydrogen (secondary N) is 2. The van der Waals surface area contributed by atoms with Gasteiger partial charge in [0.2, 0.25) is 0 Å². The highest BCUT2D eigenvalue weighted by Crippen LogP contribution is 2.39. The van der Waals surface area contributed by atoms with E-state index in [4.69, 9.17) is 17.0 Å². The number of carbonyl (C=O) groups is 1. The first-order chi connectivity index (χ1) is 12.0. The van der Waals surface area contributed by atoms with Crippen LogP contribution in [0.25, 0.3) is 0 Å². The fourth-order valence-corrected chi connectivity index (χ4v) is 4.81. The smallest absolute Gasteiger partial charge is 0.341 e. The average molecular weight is 375 g/mol. The van der Waals surface area contributed by atoms with Crippen LogP contribution in [0.4, 0.5) is 10.7 Å². The Kier molecular flexibility index (Phi) is 5.39. The molecule has 0 radical (unpaired) electrons. The second-order valence-corrected chi connectivity index (χ2v) is 7.61. The van der Waals surface area contributed by atoms with Crippen LogP contribution in [0.15, 0.2) is 18.2 Å². The van der Waals surface area contributed by atoms with Gasteiger partial charge in [0.25, 0.3) is 0 Å². The first kappa shape index (κ1) is 17.9. The molecule has 25 heavy (non-hydrogen) atoms. The minimum absolute atomic E-state index is 0.296. The van der Waals surface area contributed by atoms with Crippen molar-refractivity contribution in [3.8, 4) is 0 Å². The molecule has 2 N–H and O–H groups in total. The average Bonchev–Trinajstić information content (AvgIpc) is 3.16. The van der Waals surface area contributed by atoms with Crippen LogP contribution >= 0.6 is 23.6 Å². The summed E-state index contributed by atoms with van der Waals surface area (Å²) < 4.78 is 4.98. The monoisotopic (exact) mass is 374 g/mol. The highest BCUT2D eigenvalue weighted by Gasteiger charge is 2.27. The van der Waals surface area contributed by atoms with Crippen LogP contribution in [0, 0.1) is 6.92 Å². The van der Waals surface area contributed by atoms with E-state index < -0.39 is 0 Å². The van der Waals surface area contributed by atoms with E-state index in [-0.39, 0.29) is 5.97 Å². The molecule has 3 rings (SSSR count). The summed E-state index contributed by atoms with van der Waals surface area (Å²) in [4.78, 5) is 13.5. The van der Waals surface area contributed by atoms with E-state index in [1.807, 2.05) is 0 Å². The number of rotatable bonds is 4. The van der Waals surface area contributed by atoms with Crippen molar-refractivity contribution >= 4 is 45.3 Å². The van der Waals surface area contributed by atoms with Crippen molar-refractivity contribution in [1.82, 2.24) is 0 Å². The lowest BCUT2D eigenvalue weighted by atomic mass is 10.1. The molecular weight excluding hydrogens is 352 g/mol. The molecule has 4 nitrogen and oxygen atoms in total. The maximum atomic E-state index is 12.2. The number of fused-ring (bicyclic) bond motifs is 1. The molecule has 0 fully saturated rings. The van der Waals surface area contributed by atoms with Crippen molar-refractivity contribution in [2.24, 2.45) is 0 Å². The maximum Gasteiger partial charge on any atom is 0.341 e. The molecule has 0 spiro atoms. The zero-order valence-corrected chi connectivity index (χ0v) is 16.3. The fourth-order valence-electron chi connectivity index (χ4n) is 3.26. The number of benzene rings is 1. The Morgan fingerprint density at radius 2 is 2.12 bits per heavy atom. The molecule has 0 amide bonds. The molecule has 1 aromatic heterocycles. The van der Waals surface area contributed by atoms with Gasteiger partial charge in [-0.05, 0) is 61.5 Å². The fraction of sp³-hybridized carbons (Fsp3) is 0.368. The van der Waals surface area contributed by atoms with Gasteiger partial charge in [-0.3, -0.25) is 0 Å². The van der Waals surface area contributed by atoms with Crippen molar-refractivity contribution in [3.05, 3.63) is 45.3 Å². The van der Waals surface area contributed by atoms with Crippen LogP contribution in [0.1, 0.15) is 45.3 Å². The zero-order chi connectivity index (χ0) is 18.0. The van der Waals surface area contributed by atoms with Crippen molar-refractivity contribution in [1.29, 1.82) is 0 Å². The third kappa shape index (κ3) is 3.55. The van der Waals surface area contributed by atoms with Crippen molar-refractivity contribution < 1.29 is 9.53 Å². The summed E-state index contributed by atoms with van der Waals surface area (Å²) in [5.41, 5.74) is 5.15. The topological polar surface area (TPSA) is 50.4 Å². The van der Waals surface area contributed by atoms with E-state index in [1.165, 1.54) is 17.6 Å². The molecule has 0 atom stereocenters. The van der Waals surface area contributed by atoms with Gasteiger partial charge >= 0.3 is 5.97 Å². The minimum atomic E-state index is -0.296. The van der Waals surface area contributed by atoms with Gasteiger partial charge in [-0.2, -0.15) is 0 Å². The lowest BCUT2D eigenvalue weighted by Gasteiger charge is -2.16. The summed E-state index contributed by atoms with van der Waals surface area (Å²) in [7, 11) is 1.42. The number of aryl methyl sites for hydroxylation is 3. The largest absolute Gasteiger partial charge is 0.465 e. The number of hydrogen-bond acceptors (Lipinski definition) is 4. The van der Waals surface area contributed by atoms with Crippen LogP contribution in [0.3, 0.4) is 0 Å². The number of hydrogen-bond donors (Lipinski definition) is 2. The summed E-state index contributed by atoms with van der Waals surface area (Å²) in [6.45, 7) is 4.18. The molecule has 2 aromatic rings. The number of ether oxygens (including phenoxy) is 1. The van der Waals surface area contributed by atoms with Crippen LogP contribution in [0.5, 0.6) is 0 Å². The molecule has 1 aliphatic rings. The summed E-state index contributed by atoms with van der Waals surface area (Å²) in [6, 6.07) is 6.20. The second-order valence-electron chi connectivity index (χ2n) is 6.09. The van der Waals surface area contributed by atoms with Gasteiger partial charge in [-0.1, -0.05) is 25.1 Å². The van der Waals surface area contributed by atoms with Gasteiger partial charge in [0.05, 0.1) is 12.7 Å². The van der Waals surface area contributed by atoms with E-state index >= 15 is 0 Å². The highest BCUT2D eigenvalue weighted by molar-refractivity contribution is 7.80. The Balaban J connectivity index is 1.84. The van der Waals surface area contributed by atoms with Crippen molar-refractivity contribution in [3.63, 3.8) is 0 Å². The van der Waals surface area contributed by atoms with Gasteiger partial charge < -0.3 is 15.4 Å². The van der Waals surface area contributed by atoms with Crippen LogP contribution < -0.4 is 10.6 Å². The second kappa shape index (κ2) is 7.54. The number of methoxy groups -OCH3 is 1. The predicted octanol–water partition coefficient (Wildman–Crippen LogP) is 4.70. The number of anilines is 2. The van der Waals surface area contributed by atoms with Crippen molar-refractivity contribution in [2.45, 2.75) is 39.5 Å². The maximum absolute atomic E-state index is 12.2. The number of esters is 1. The first-order valence-corrected chi connectivity index (χ1v) is 9.67. The molecule has 0 saturated carbocycles. The Morgan fingerprint density at radius 1 is 1.32 bits per heavy atom. The van der Waals surface area contributed by atoms with Gasteiger partial charge in [-0.25, -0.2) is 4.79 Å². The Labute approximate surface area is 157 Å². The summed E-state index contributed by atoms with van der Waals surface area (Å²) in [6.07, 6.45) is 3.96. The SMILES string of the molecule is CCc1cccc(C)c1NC(=S)Nc1sc2c(c1C(=O)OC)CCC2. The molecule has 0 saturated heterocycles. The number of carbonyl (C=O) groups excluding carboxylic acids is 1. The summed E-state index contributed by atoms with van der Waals surface area (Å²) in [5.74, 6) is -0.296. The molecule has 0 aliphatic heterocycles. The molecule has 6 heteroatoms. The highest BCUT2D eigenvalue weighted by atomic mass is 32.1. The Morgan fingerprint density at radius 3 is 2.84 bits per heavy atom. The van der Waals surface area contributed by atoms with Crippen LogP contribution in [0.2, 0.25) is 0 Å². The van der Waals surface area contributed by atoms with E-state index in [1.54, 1.807) is 11.3 Å². The number of thiocarbonyl (C=S) groups is 1. The van der Waals surface area contributed by atoms with Gasteiger partial charge in [0.15, 0.2) is 5.11 Å². The molecule has 132 valence electrons. The molecule has 1 aliphatic carbocycles. The van der Waals surface area contributed by atoms with E-state index in [0.717, 1.165) is 47.5 Å². The summed E-state index contributed by atoms with van der Waals surface area (Å²) in [5, 5.41) is 7.80. The number of thiophene rings is 1. The van der Waals surface area contributed by atoms with Gasteiger partial charge in [0.1, 0.15) is 5.00 Å². The normalized spacial score (nSPS) is 12.6. The van der Waals surface area contributed by atoms with Crippen molar-refractivity contribution in [2.75, 3.05) is 17.7 Å². The molecule has 1 aromatic carbocycles. The quantitative estimate of drug-likeness (QED) is 0.600. The number of para-hydroxylation sites is 1. The van der Waals surface area contributed by atoms with Gasteiger partial charge in [0, 0.05) is 10.6 Å². The lowest BCUT2D eigenvalue weighted by molar-refractivity contribution is 0.0601. The minimum Gasteiger partial charge on any atom is -0.465 e. The van der Waals surface area contributed by atoms with E-state index in [0.29, 0.717) is 10.7 Å². The predicted molar refractivity (Wildman–Crippen MR) is 108 cm³/mol. The van der Waals surface area contributed by atoms with E-state index in [2.05, 4.69) is 42.7 Å². The third-order valence-electron chi connectivity index (χ3n) is 4.52. The molecule has 1 heterocycles. The Hall–Kier alpha value is -1.92. The van der Waals surface area contributed by atoms with E-state index in [9.17, 15) is 4.79 Å². The van der Waals surface area contributed by atoms with Gasteiger partial charge in [-0.15, -0.1) is 11.3 Å². The first-order valence-electron chi connectivity index (χ1n) is 8.44. The zero-order valence-electron chi connectivity index (χ0n) is 14.7. The molecule has 0 unspecified atom stereocenters. The van der Waals surface area contributed by atoms with Crippen LogP contribution in [-0.2, 0) is 24.0 Å². The summed E-state index contributed by atoms with van der Waals surface area (Å²) >= 11 is 7.11. The third-order valence-corrected chi connectivity index (χ3v) is 5.93. The standard InChI is InChI=1S/C19H22N2O2S2/c1-4-12-8-5-7-11(2)16(12)20-19(24)21-17-15(18(22)23-3)13-9-6-10-14(13)25-17/h5,7-8H,4,6,9-10H2,1-3H3,(H2,20,21,24). The Bertz CT molecular complexity index is 827. The molecule has 0 bridgehead atoms. The lowest BCUT2D eigenvalue weighted by Crippen LogP contribution is -2.21.